The van der Waals surface area contributed by atoms with Crippen LogP contribution in [0.15, 0.2) is 48.5 Å². The van der Waals surface area contributed by atoms with Gasteiger partial charge in [-0.2, -0.15) is 12.6 Å². The SMILES string of the molecule is Fc1ccc([C@H]2OCC3(CS)CO[C@@H](c4ccc(F)cc4)N23)cc1. The van der Waals surface area contributed by atoms with Crippen molar-refractivity contribution in [2.24, 2.45) is 0 Å². The molecule has 3 atom stereocenters. The molecule has 2 fully saturated rings. The predicted octanol–water partition coefficient (Wildman–Crippen LogP) is 3.69. The van der Waals surface area contributed by atoms with Gasteiger partial charge < -0.3 is 9.47 Å². The van der Waals surface area contributed by atoms with Crippen molar-refractivity contribution in [3.8, 4) is 0 Å². The first kappa shape index (κ1) is 16.0. The van der Waals surface area contributed by atoms with E-state index in [4.69, 9.17) is 9.47 Å². The molecule has 0 bridgehead atoms. The van der Waals surface area contributed by atoms with E-state index in [1.54, 1.807) is 24.3 Å². The van der Waals surface area contributed by atoms with Crippen molar-refractivity contribution in [3.05, 3.63) is 71.3 Å². The number of hydrogen-bond acceptors (Lipinski definition) is 4. The van der Waals surface area contributed by atoms with Crippen LogP contribution in [0, 0.1) is 11.6 Å². The smallest absolute Gasteiger partial charge is 0.139 e. The van der Waals surface area contributed by atoms with Crippen molar-refractivity contribution in [2.45, 2.75) is 18.0 Å². The van der Waals surface area contributed by atoms with Gasteiger partial charge in [-0.1, -0.05) is 24.3 Å². The second kappa shape index (κ2) is 6.11. The fourth-order valence-corrected chi connectivity index (χ4v) is 3.73. The van der Waals surface area contributed by atoms with E-state index in [-0.39, 0.29) is 29.6 Å². The van der Waals surface area contributed by atoms with E-state index in [0.29, 0.717) is 19.0 Å². The molecule has 0 aromatic heterocycles. The maximum atomic E-state index is 13.2. The van der Waals surface area contributed by atoms with Gasteiger partial charge in [0, 0.05) is 5.75 Å². The van der Waals surface area contributed by atoms with Crippen molar-refractivity contribution in [2.75, 3.05) is 19.0 Å². The second-order valence-electron chi connectivity index (χ2n) is 6.22. The molecule has 0 radical (unpaired) electrons. The number of nitrogens with zero attached hydrogens (tertiary/aromatic N) is 1. The molecule has 2 heterocycles. The molecule has 2 saturated heterocycles. The Hall–Kier alpha value is -1.47. The van der Waals surface area contributed by atoms with Crippen molar-refractivity contribution in [1.82, 2.24) is 4.90 Å². The number of rotatable bonds is 3. The minimum atomic E-state index is -0.352. The normalized spacial score (nSPS) is 29.8. The molecule has 0 amide bonds. The van der Waals surface area contributed by atoms with Crippen LogP contribution < -0.4 is 0 Å². The highest BCUT2D eigenvalue weighted by Crippen LogP contribution is 2.49. The first-order valence-corrected chi connectivity index (χ1v) is 8.40. The third-order valence-corrected chi connectivity index (χ3v) is 5.27. The minimum Gasteiger partial charge on any atom is -0.357 e. The van der Waals surface area contributed by atoms with Crippen molar-refractivity contribution in [3.63, 3.8) is 0 Å². The fourth-order valence-electron chi connectivity index (χ4n) is 3.38. The molecule has 0 aliphatic carbocycles. The zero-order valence-corrected chi connectivity index (χ0v) is 13.8. The average Bonchev–Trinajstić information content (AvgIpc) is 3.14. The molecule has 4 rings (SSSR count). The van der Waals surface area contributed by atoms with E-state index >= 15 is 0 Å². The summed E-state index contributed by atoms with van der Waals surface area (Å²) in [5, 5.41) is 0. The van der Waals surface area contributed by atoms with Crippen LogP contribution in [0.2, 0.25) is 0 Å². The molecule has 6 heteroatoms. The van der Waals surface area contributed by atoms with E-state index < -0.39 is 0 Å². The Morgan fingerprint density at radius 1 is 0.875 bits per heavy atom. The summed E-state index contributed by atoms with van der Waals surface area (Å²) in [6, 6.07) is 12.5. The quantitative estimate of drug-likeness (QED) is 0.854. The molecule has 1 unspecified atom stereocenters. The van der Waals surface area contributed by atoms with E-state index in [9.17, 15) is 8.78 Å². The first-order chi connectivity index (χ1) is 11.6. The number of fused-ring (bicyclic) bond motifs is 1. The molecule has 0 saturated carbocycles. The van der Waals surface area contributed by atoms with Crippen LogP contribution in [0.4, 0.5) is 8.78 Å². The van der Waals surface area contributed by atoms with Gasteiger partial charge in [0.25, 0.3) is 0 Å². The Bertz CT molecular complexity index is 665. The maximum absolute atomic E-state index is 13.2. The molecule has 126 valence electrons. The summed E-state index contributed by atoms with van der Waals surface area (Å²) in [6.45, 7) is 0.965. The average molecular weight is 349 g/mol. The van der Waals surface area contributed by atoms with Gasteiger partial charge in [0.2, 0.25) is 0 Å². The Morgan fingerprint density at radius 3 is 1.67 bits per heavy atom. The lowest BCUT2D eigenvalue weighted by Gasteiger charge is -2.33. The van der Waals surface area contributed by atoms with Gasteiger partial charge in [0.1, 0.15) is 24.1 Å². The standard InChI is InChI=1S/C18H17F2NO2S/c19-14-5-1-12(2-6-14)16-21-17(13-3-7-15(20)8-4-13)23-10-18(21,11-24)9-22-16/h1-8,16-17,24H,9-11H2/t16-,17+,18?. The van der Waals surface area contributed by atoms with Gasteiger partial charge in [0.15, 0.2) is 0 Å². The largest absolute Gasteiger partial charge is 0.357 e. The summed E-state index contributed by atoms with van der Waals surface area (Å²) in [7, 11) is 0. The van der Waals surface area contributed by atoms with E-state index in [1.165, 1.54) is 24.3 Å². The minimum absolute atomic E-state index is 0.287. The molecular formula is C18H17F2NO2S. The van der Waals surface area contributed by atoms with Crippen LogP contribution in [0.5, 0.6) is 0 Å². The molecule has 2 aliphatic heterocycles. The van der Waals surface area contributed by atoms with Crippen molar-refractivity contribution >= 4 is 12.6 Å². The van der Waals surface area contributed by atoms with Gasteiger partial charge in [-0.3, -0.25) is 0 Å². The summed E-state index contributed by atoms with van der Waals surface area (Å²) in [5.41, 5.74) is 1.37. The molecule has 3 nitrogen and oxygen atoms in total. The van der Waals surface area contributed by atoms with Gasteiger partial charge in [-0.25, -0.2) is 13.7 Å². The van der Waals surface area contributed by atoms with Gasteiger partial charge in [0.05, 0.1) is 18.8 Å². The molecule has 2 aromatic rings. The number of benzene rings is 2. The highest BCUT2D eigenvalue weighted by molar-refractivity contribution is 7.80. The number of hydrogen-bond donors (Lipinski definition) is 1. The molecule has 2 aromatic carbocycles. The van der Waals surface area contributed by atoms with Crippen molar-refractivity contribution in [1.29, 1.82) is 0 Å². The third-order valence-electron chi connectivity index (χ3n) is 4.68. The summed E-state index contributed by atoms with van der Waals surface area (Å²) < 4.78 is 38.5. The fraction of sp³-hybridized carbons (Fsp3) is 0.333. The molecule has 0 N–H and O–H groups in total. The summed E-state index contributed by atoms with van der Waals surface area (Å²) in [5.74, 6) is -0.00233. The monoisotopic (exact) mass is 349 g/mol. The van der Waals surface area contributed by atoms with Gasteiger partial charge in [-0.05, 0) is 35.4 Å². The van der Waals surface area contributed by atoms with Crippen molar-refractivity contribution < 1.29 is 18.3 Å². The molecule has 24 heavy (non-hydrogen) atoms. The predicted molar refractivity (Wildman–Crippen MR) is 88.6 cm³/mol. The summed E-state index contributed by atoms with van der Waals surface area (Å²) in [4.78, 5) is 2.13. The zero-order chi connectivity index (χ0) is 16.7. The van der Waals surface area contributed by atoms with E-state index in [1.807, 2.05) is 0 Å². The lowest BCUT2D eigenvalue weighted by atomic mass is 10.0. The maximum Gasteiger partial charge on any atom is 0.139 e. The third kappa shape index (κ3) is 2.54. The van der Waals surface area contributed by atoms with Gasteiger partial charge in [-0.15, -0.1) is 0 Å². The molecule has 2 aliphatic rings. The van der Waals surface area contributed by atoms with Crippen LogP contribution in [-0.4, -0.2) is 29.4 Å². The van der Waals surface area contributed by atoms with E-state index in [0.717, 1.165) is 11.1 Å². The lowest BCUT2D eigenvalue weighted by molar-refractivity contribution is -0.0616. The number of ether oxygens (including phenoxy) is 2. The Balaban J connectivity index is 1.72. The van der Waals surface area contributed by atoms with Gasteiger partial charge >= 0.3 is 0 Å². The molecular weight excluding hydrogens is 332 g/mol. The lowest BCUT2D eigenvalue weighted by Crippen LogP contribution is -2.46. The van der Waals surface area contributed by atoms with Crippen LogP contribution in [-0.2, 0) is 9.47 Å². The summed E-state index contributed by atoms with van der Waals surface area (Å²) in [6.07, 6.45) is -0.703. The number of halogens is 2. The zero-order valence-electron chi connectivity index (χ0n) is 12.9. The Kier molecular flexibility index (Phi) is 4.08. The topological polar surface area (TPSA) is 21.7 Å². The van der Waals surface area contributed by atoms with E-state index in [2.05, 4.69) is 17.5 Å². The first-order valence-electron chi connectivity index (χ1n) is 7.76. The van der Waals surface area contributed by atoms with Crippen LogP contribution in [0.1, 0.15) is 23.6 Å². The number of thiol groups is 1. The molecule has 0 spiro atoms. The highest BCUT2D eigenvalue weighted by atomic mass is 32.1. The Morgan fingerprint density at radius 2 is 1.29 bits per heavy atom. The van der Waals surface area contributed by atoms with Crippen LogP contribution in [0.25, 0.3) is 0 Å². The summed E-state index contributed by atoms with van der Waals surface area (Å²) >= 11 is 4.50. The highest BCUT2D eigenvalue weighted by Gasteiger charge is 2.55. The van der Waals surface area contributed by atoms with Crippen LogP contribution >= 0.6 is 12.6 Å². The Labute approximate surface area is 144 Å². The van der Waals surface area contributed by atoms with Crippen LogP contribution in [0.3, 0.4) is 0 Å². The second-order valence-corrected chi connectivity index (χ2v) is 6.54.